The average molecular weight is 237 g/mol. The van der Waals surface area contributed by atoms with Crippen LogP contribution in [0.15, 0.2) is 6.20 Å². The fourth-order valence-electron chi connectivity index (χ4n) is 2.54. The number of piperidine rings is 1. The molecule has 1 aromatic heterocycles. The molecular formula is C12H23N5. The molecule has 0 aromatic carbocycles. The van der Waals surface area contributed by atoms with Gasteiger partial charge in [0, 0.05) is 25.8 Å². The number of likely N-dealkylation sites (tertiary alicyclic amines) is 1. The van der Waals surface area contributed by atoms with Gasteiger partial charge in [0.2, 0.25) is 0 Å². The van der Waals surface area contributed by atoms with Crippen LogP contribution in [0.4, 0.5) is 0 Å². The van der Waals surface area contributed by atoms with Crippen LogP contribution in [-0.2, 0) is 13.6 Å². The molecule has 17 heavy (non-hydrogen) atoms. The summed E-state index contributed by atoms with van der Waals surface area (Å²) < 4.78 is 1.77. The quantitative estimate of drug-likeness (QED) is 0.834. The van der Waals surface area contributed by atoms with Gasteiger partial charge in [0.15, 0.2) is 0 Å². The molecule has 1 N–H and O–H groups in total. The number of aromatic nitrogens is 3. The molecule has 0 aliphatic carbocycles. The van der Waals surface area contributed by atoms with Gasteiger partial charge in [0.25, 0.3) is 0 Å². The maximum atomic E-state index is 4.14. The monoisotopic (exact) mass is 237 g/mol. The summed E-state index contributed by atoms with van der Waals surface area (Å²) >= 11 is 0. The van der Waals surface area contributed by atoms with Crippen LogP contribution in [0, 0.1) is 5.92 Å². The lowest BCUT2D eigenvalue weighted by atomic mass is 9.90. The van der Waals surface area contributed by atoms with E-state index in [9.17, 15) is 0 Å². The van der Waals surface area contributed by atoms with E-state index in [0.29, 0.717) is 6.04 Å². The Morgan fingerprint density at radius 2 is 2.18 bits per heavy atom. The topological polar surface area (TPSA) is 46.0 Å². The molecule has 1 saturated heterocycles. The Hall–Kier alpha value is -0.940. The highest BCUT2D eigenvalue weighted by Gasteiger charge is 2.23. The molecule has 2 rings (SSSR count). The zero-order valence-corrected chi connectivity index (χ0v) is 11.1. The lowest BCUT2D eigenvalue weighted by Crippen LogP contribution is -2.40. The molecule has 0 amide bonds. The summed E-state index contributed by atoms with van der Waals surface area (Å²) in [6.45, 7) is 5.57. The predicted molar refractivity (Wildman–Crippen MR) is 67.5 cm³/mol. The van der Waals surface area contributed by atoms with Gasteiger partial charge < -0.3 is 5.32 Å². The molecule has 1 aromatic rings. The van der Waals surface area contributed by atoms with Gasteiger partial charge in [-0.2, -0.15) is 0 Å². The van der Waals surface area contributed by atoms with Crippen molar-refractivity contribution in [3.8, 4) is 0 Å². The first kappa shape index (κ1) is 12.5. The third kappa shape index (κ3) is 3.26. The molecule has 5 nitrogen and oxygen atoms in total. The van der Waals surface area contributed by atoms with Gasteiger partial charge in [-0.25, -0.2) is 0 Å². The number of nitrogens with zero attached hydrogens (tertiary/aromatic N) is 4. The van der Waals surface area contributed by atoms with E-state index in [-0.39, 0.29) is 0 Å². The second kappa shape index (κ2) is 5.60. The van der Waals surface area contributed by atoms with E-state index in [0.717, 1.165) is 18.2 Å². The highest BCUT2D eigenvalue weighted by molar-refractivity contribution is 4.92. The Labute approximate surface area is 103 Å². The molecule has 1 atom stereocenters. The van der Waals surface area contributed by atoms with Crippen molar-refractivity contribution in [2.24, 2.45) is 13.0 Å². The largest absolute Gasteiger partial charge is 0.317 e. The molecule has 5 heteroatoms. The van der Waals surface area contributed by atoms with Crippen molar-refractivity contribution in [3.05, 3.63) is 11.9 Å². The molecule has 0 radical (unpaired) electrons. The number of nitrogens with one attached hydrogen (secondary N) is 1. The first-order valence-electron chi connectivity index (χ1n) is 6.44. The van der Waals surface area contributed by atoms with Crippen LogP contribution < -0.4 is 5.32 Å². The van der Waals surface area contributed by atoms with Gasteiger partial charge in [-0.1, -0.05) is 5.21 Å². The highest BCUT2D eigenvalue weighted by atomic mass is 15.4. The van der Waals surface area contributed by atoms with Crippen LogP contribution in [0.2, 0.25) is 0 Å². The first-order chi connectivity index (χ1) is 8.19. The number of rotatable bonds is 4. The van der Waals surface area contributed by atoms with Crippen molar-refractivity contribution in [1.29, 1.82) is 0 Å². The molecule has 1 aliphatic rings. The van der Waals surface area contributed by atoms with E-state index in [1.54, 1.807) is 4.68 Å². The molecule has 1 fully saturated rings. The number of hydrogen-bond acceptors (Lipinski definition) is 4. The summed E-state index contributed by atoms with van der Waals surface area (Å²) in [6, 6.07) is 0.633. The second-order valence-corrected chi connectivity index (χ2v) is 5.07. The Morgan fingerprint density at radius 1 is 1.47 bits per heavy atom. The highest BCUT2D eigenvalue weighted by Crippen LogP contribution is 2.21. The van der Waals surface area contributed by atoms with Gasteiger partial charge in [-0.3, -0.25) is 9.58 Å². The van der Waals surface area contributed by atoms with Crippen molar-refractivity contribution in [3.63, 3.8) is 0 Å². The van der Waals surface area contributed by atoms with Gasteiger partial charge >= 0.3 is 0 Å². The van der Waals surface area contributed by atoms with Crippen molar-refractivity contribution in [2.45, 2.75) is 32.4 Å². The molecular weight excluding hydrogens is 214 g/mol. The van der Waals surface area contributed by atoms with Crippen LogP contribution in [0.1, 0.15) is 25.5 Å². The zero-order chi connectivity index (χ0) is 12.3. The Kier molecular flexibility index (Phi) is 4.12. The van der Waals surface area contributed by atoms with Crippen LogP contribution in [0.25, 0.3) is 0 Å². The van der Waals surface area contributed by atoms with E-state index in [1.807, 2.05) is 13.2 Å². The molecule has 1 aliphatic heterocycles. The molecule has 1 unspecified atom stereocenters. The summed E-state index contributed by atoms with van der Waals surface area (Å²) in [5.41, 5.74) is 1.08. The van der Waals surface area contributed by atoms with Gasteiger partial charge in [-0.05, 0) is 45.8 Å². The molecule has 0 spiro atoms. The smallest absolute Gasteiger partial charge is 0.0966 e. The minimum Gasteiger partial charge on any atom is -0.317 e. The summed E-state index contributed by atoms with van der Waals surface area (Å²) in [7, 11) is 3.97. The fraction of sp³-hybridized carbons (Fsp3) is 0.833. The van der Waals surface area contributed by atoms with E-state index in [4.69, 9.17) is 0 Å². The van der Waals surface area contributed by atoms with E-state index >= 15 is 0 Å². The number of hydrogen-bond donors (Lipinski definition) is 1. The summed E-state index contributed by atoms with van der Waals surface area (Å²) in [6.07, 6.45) is 4.56. The standard InChI is InChI=1S/C12H23N5/c1-10(13-2)11-4-6-17(7-5-11)9-12-8-16(3)15-14-12/h8,10-11,13H,4-7,9H2,1-3H3. The minimum absolute atomic E-state index is 0.633. The van der Waals surface area contributed by atoms with E-state index in [1.165, 1.54) is 25.9 Å². The van der Waals surface area contributed by atoms with Crippen molar-refractivity contribution in [2.75, 3.05) is 20.1 Å². The fourth-order valence-corrected chi connectivity index (χ4v) is 2.54. The molecule has 0 saturated carbocycles. The molecule has 2 heterocycles. The van der Waals surface area contributed by atoms with Crippen molar-refractivity contribution in [1.82, 2.24) is 25.2 Å². The summed E-state index contributed by atoms with van der Waals surface area (Å²) in [5.74, 6) is 0.818. The Balaban J connectivity index is 1.79. The third-order valence-electron chi connectivity index (χ3n) is 3.83. The Morgan fingerprint density at radius 3 is 2.71 bits per heavy atom. The second-order valence-electron chi connectivity index (χ2n) is 5.07. The molecule has 96 valence electrons. The maximum Gasteiger partial charge on any atom is 0.0966 e. The normalized spacial score (nSPS) is 20.6. The summed E-state index contributed by atoms with van der Waals surface area (Å²) in [5, 5.41) is 11.5. The average Bonchev–Trinajstić information content (AvgIpc) is 2.75. The van der Waals surface area contributed by atoms with E-state index in [2.05, 4.69) is 34.5 Å². The zero-order valence-electron chi connectivity index (χ0n) is 11.1. The maximum absolute atomic E-state index is 4.14. The van der Waals surface area contributed by atoms with Crippen LogP contribution in [0.3, 0.4) is 0 Å². The first-order valence-corrected chi connectivity index (χ1v) is 6.44. The SMILES string of the molecule is CNC(C)C1CCN(Cc2cn(C)nn2)CC1. The molecule has 0 bridgehead atoms. The minimum atomic E-state index is 0.633. The van der Waals surface area contributed by atoms with E-state index < -0.39 is 0 Å². The lowest BCUT2D eigenvalue weighted by Gasteiger charge is -2.34. The van der Waals surface area contributed by atoms with Crippen LogP contribution in [-0.4, -0.2) is 46.1 Å². The number of aryl methyl sites for hydroxylation is 1. The lowest BCUT2D eigenvalue weighted by molar-refractivity contribution is 0.157. The van der Waals surface area contributed by atoms with Gasteiger partial charge in [0.05, 0.1) is 5.69 Å². The summed E-state index contributed by atoms with van der Waals surface area (Å²) in [4.78, 5) is 2.48. The van der Waals surface area contributed by atoms with Crippen molar-refractivity contribution < 1.29 is 0 Å². The van der Waals surface area contributed by atoms with Gasteiger partial charge in [0.1, 0.15) is 0 Å². The van der Waals surface area contributed by atoms with Gasteiger partial charge in [-0.15, -0.1) is 5.10 Å². The predicted octanol–water partition coefficient (Wildman–Crippen LogP) is 0.635. The van der Waals surface area contributed by atoms with Crippen LogP contribution in [0.5, 0.6) is 0 Å². The third-order valence-corrected chi connectivity index (χ3v) is 3.83. The van der Waals surface area contributed by atoms with Crippen molar-refractivity contribution >= 4 is 0 Å². The Bertz CT molecular complexity index is 340. The van der Waals surface area contributed by atoms with Crippen LogP contribution >= 0.6 is 0 Å².